The largest absolute Gasteiger partial charge is 0.492 e. The topological polar surface area (TPSA) is 102 Å². The zero-order chi connectivity index (χ0) is 17.6. The summed E-state index contributed by atoms with van der Waals surface area (Å²) in [4.78, 5) is 33.6. The summed E-state index contributed by atoms with van der Waals surface area (Å²) >= 11 is 0. The van der Waals surface area contributed by atoms with Gasteiger partial charge in [0.25, 0.3) is 6.34 Å². The number of aliphatic imine (C=N–C) groups is 1. The highest BCUT2D eigenvalue weighted by molar-refractivity contribution is 6.07. The van der Waals surface area contributed by atoms with Crippen molar-refractivity contribution in [2.45, 2.75) is 13.3 Å². The van der Waals surface area contributed by atoms with E-state index in [0.717, 1.165) is 0 Å². The number of amides is 2. The predicted octanol–water partition coefficient (Wildman–Crippen LogP) is 0.166. The summed E-state index contributed by atoms with van der Waals surface area (Å²) in [6, 6.07) is 3.61. The molecule has 3 heterocycles. The van der Waals surface area contributed by atoms with Crippen molar-refractivity contribution in [3.8, 4) is 5.75 Å². The lowest BCUT2D eigenvalue weighted by atomic mass is 10.3. The zero-order valence-electron chi connectivity index (χ0n) is 13.8. The third kappa shape index (κ3) is 4.07. The minimum atomic E-state index is -0.292. The molecule has 0 spiro atoms. The van der Waals surface area contributed by atoms with E-state index >= 15 is 0 Å². The van der Waals surface area contributed by atoms with Crippen molar-refractivity contribution in [1.82, 2.24) is 20.2 Å². The highest BCUT2D eigenvalue weighted by Gasteiger charge is 2.42. The number of ether oxygens (including phenoxy) is 1. The van der Waals surface area contributed by atoms with Crippen molar-refractivity contribution >= 4 is 24.5 Å². The molecule has 1 aromatic heterocycles. The second-order valence-electron chi connectivity index (χ2n) is 5.43. The first-order valence-corrected chi connectivity index (χ1v) is 7.84. The molecule has 1 radical (unpaired) electrons. The third-order valence-corrected chi connectivity index (χ3v) is 3.57. The summed E-state index contributed by atoms with van der Waals surface area (Å²) < 4.78 is 5.49. The molecule has 0 aromatic carbocycles. The highest BCUT2D eigenvalue weighted by Crippen LogP contribution is 2.19. The van der Waals surface area contributed by atoms with E-state index < -0.39 is 0 Å². The van der Waals surface area contributed by atoms with Crippen LogP contribution >= 0.6 is 0 Å². The number of fused-ring (bicyclic) bond motifs is 1. The predicted molar refractivity (Wildman–Crippen MR) is 90.9 cm³/mol. The van der Waals surface area contributed by atoms with Crippen molar-refractivity contribution in [2.24, 2.45) is 10.1 Å². The fourth-order valence-corrected chi connectivity index (χ4v) is 2.32. The molecule has 1 N–H and O–H groups in total. The van der Waals surface area contributed by atoms with Gasteiger partial charge in [0.1, 0.15) is 18.0 Å². The number of carbonyl (C=O) groups is 2. The Balaban J connectivity index is 1.39. The molecule has 9 heteroatoms. The molecule has 0 saturated carbocycles. The van der Waals surface area contributed by atoms with Gasteiger partial charge in [0.05, 0.1) is 17.8 Å². The van der Waals surface area contributed by atoms with Crippen LogP contribution < -0.4 is 15.1 Å². The van der Waals surface area contributed by atoms with Crippen molar-refractivity contribution in [2.75, 3.05) is 19.7 Å². The molecule has 2 aliphatic rings. The molecule has 129 valence electrons. The van der Waals surface area contributed by atoms with Gasteiger partial charge in [0.15, 0.2) is 6.34 Å². The van der Waals surface area contributed by atoms with E-state index in [1.165, 1.54) is 22.6 Å². The lowest BCUT2D eigenvalue weighted by Crippen LogP contribution is -2.46. The number of allylic oxidation sites excluding steroid dienone is 1. The minimum absolute atomic E-state index is 0.0869. The van der Waals surface area contributed by atoms with Crippen LogP contribution in [-0.2, 0) is 9.59 Å². The lowest BCUT2D eigenvalue weighted by molar-refractivity contribution is -0.130. The molecular formula is C16H18N6O3+. The SMILES string of the molecule is CC1=C2C(=O)N(CC(=O)NCCCOc3cccnc3)C=N[N+]2C=N1. The molecule has 0 fully saturated rings. The van der Waals surface area contributed by atoms with Crippen LogP contribution in [-0.4, -0.2) is 54.1 Å². The minimum Gasteiger partial charge on any atom is -0.492 e. The Morgan fingerprint density at radius 2 is 2.32 bits per heavy atom. The highest BCUT2D eigenvalue weighted by atomic mass is 16.5. The molecule has 1 aromatic rings. The van der Waals surface area contributed by atoms with Gasteiger partial charge < -0.3 is 10.1 Å². The number of aromatic nitrogens is 1. The maximum atomic E-state index is 12.3. The van der Waals surface area contributed by atoms with Gasteiger partial charge in [0, 0.05) is 12.7 Å². The molecule has 0 saturated heterocycles. The van der Waals surface area contributed by atoms with Gasteiger partial charge in [-0.25, -0.2) is 0 Å². The first kappa shape index (κ1) is 16.8. The molecule has 0 bridgehead atoms. The van der Waals surface area contributed by atoms with Crippen LogP contribution in [0.25, 0.3) is 0 Å². The molecule has 2 amide bonds. The molecule has 2 aliphatic heterocycles. The maximum absolute atomic E-state index is 12.3. The van der Waals surface area contributed by atoms with E-state index in [1.807, 2.05) is 6.07 Å². The maximum Gasteiger partial charge on any atom is 0.324 e. The number of nitrogens with zero attached hydrogens (tertiary/aromatic N) is 5. The molecule has 0 unspecified atom stereocenters. The summed E-state index contributed by atoms with van der Waals surface area (Å²) in [6.45, 7) is 2.56. The molecule has 0 aliphatic carbocycles. The number of hydrogen-bond acceptors (Lipinski definition) is 7. The summed E-state index contributed by atoms with van der Waals surface area (Å²) in [5, 5.41) is 8.23. The van der Waals surface area contributed by atoms with Crippen molar-refractivity contribution in [3.63, 3.8) is 0 Å². The normalized spacial score (nSPS) is 16.4. The monoisotopic (exact) mass is 342 g/mol. The molecule has 9 nitrogen and oxygen atoms in total. The zero-order valence-corrected chi connectivity index (χ0v) is 13.8. The number of rotatable bonds is 7. The van der Waals surface area contributed by atoms with E-state index in [2.05, 4.69) is 20.4 Å². The van der Waals surface area contributed by atoms with Gasteiger partial charge in [-0.15, -0.1) is 0 Å². The van der Waals surface area contributed by atoms with E-state index in [4.69, 9.17) is 4.74 Å². The van der Waals surface area contributed by atoms with Gasteiger partial charge >= 0.3 is 11.6 Å². The lowest BCUT2D eigenvalue weighted by Gasteiger charge is -2.18. The van der Waals surface area contributed by atoms with Crippen LogP contribution in [0.3, 0.4) is 0 Å². The Morgan fingerprint density at radius 3 is 3.12 bits per heavy atom. The molecule has 25 heavy (non-hydrogen) atoms. The number of hydrogen-bond donors (Lipinski definition) is 1. The Kier molecular flexibility index (Phi) is 5.14. The second kappa shape index (κ2) is 7.67. The van der Waals surface area contributed by atoms with Crippen LogP contribution in [0.1, 0.15) is 13.3 Å². The standard InChI is InChI=1S/C16H18N6O3/c1-12-15-16(24)21(11-20-22(15)10-19-12)9-14(23)18-6-3-7-25-13-4-2-5-17-8-13/h2,4-5,8,10-11H,3,6-7,9H2,1H3,(H,18,23)/q+1. The van der Waals surface area contributed by atoms with Crippen molar-refractivity contribution in [1.29, 1.82) is 0 Å². The Hall–Kier alpha value is -3.07. The van der Waals surface area contributed by atoms with Gasteiger partial charge in [-0.3, -0.25) is 19.5 Å². The first-order valence-electron chi connectivity index (χ1n) is 7.84. The van der Waals surface area contributed by atoms with Crippen molar-refractivity contribution in [3.05, 3.63) is 35.9 Å². The quantitative estimate of drug-likeness (QED) is 0.563. The van der Waals surface area contributed by atoms with Crippen LogP contribution in [0.5, 0.6) is 5.75 Å². The smallest absolute Gasteiger partial charge is 0.324 e. The van der Waals surface area contributed by atoms with E-state index in [-0.39, 0.29) is 18.4 Å². The summed E-state index contributed by atoms with van der Waals surface area (Å²) in [7, 11) is 0. The van der Waals surface area contributed by atoms with E-state index in [0.29, 0.717) is 36.7 Å². The van der Waals surface area contributed by atoms with Gasteiger partial charge in [0.2, 0.25) is 5.91 Å². The number of carbonyl (C=O) groups excluding carboxylic acids is 2. The van der Waals surface area contributed by atoms with E-state index in [9.17, 15) is 9.59 Å². The van der Waals surface area contributed by atoms with E-state index in [1.54, 1.807) is 25.4 Å². The average molecular weight is 342 g/mol. The Morgan fingerprint density at radius 1 is 1.44 bits per heavy atom. The van der Waals surface area contributed by atoms with Gasteiger partial charge in [-0.05, 0) is 30.6 Å². The summed E-state index contributed by atoms with van der Waals surface area (Å²) in [5.74, 6) is 0.141. The van der Waals surface area contributed by atoms with Crippen LogP contribution in [0, 0.1) is 0 Å². The van der Waals surface area contributed by atoms with Crippen LogP contribution in [0.15, 0.2) is 46.0 Å². The fourth-order valence-electron chi connectivity index (χ4n) is 2.32. The molecular weight excluding hydrogens is 324 g/mol. The fraction of sp³-hybridized carbons (Fsp3) is 0.312. The average Bonchev–Trinajstić information content (AvgIpc) is 3.00. The number of pyridine rings is 1. The van der Waals surface area contributed by atoms with Crippen LogP contribution in [0.2, 0.25) is 0 Å². The van der Waals surface area contributed by atoms with Gasteiger partial charge in [-0.1, -0.05) is 0 Å². The van der Waals surface area contributed by atoms with Crippen molar-refractivity contribution < 1.29 is 14.3 Å². The number of hydrazone groups is 1. The molecule has 3 rings (SSSR count). The second-order valence-corrected chi connectivity index (χ2v) is 5.43. The summed E-state index contributed by atoms with van der Waals surface area (Å²) in [6.07, 6.45) is 6.76. The molecule has 0 atom stereocenters. The van der Waals surface area contributed by atoms with Crippen LogP contribution in [0.4, 0.5) is 0 Å². The Bertz CT molecular complexity index is 743. The number of nitrogens with one attached hydrogen (secondary N) is 1. The summed E-state index contributed by atoms with van der Waals surface area (Å²) in [5.41, 5.74) is 0.958. The van der Waals surface area contributed by atoms with Gasteiger partial charge in [-0.2, -0.15) is 4.99 Å². The third-order valence-electron chi connectivity index (χ3n) is 3.57. The first-order chi connectivity index (χ1) is 12.1. The Labute approximate surface area is 144 Å².